The Bertz CT molecular complexity index is 606. The Balaban J connectivity index is 2.20. The van der Waals surface area contributed by atoms with Crippen LogP contribution in [0.5, 0.6) is 0 Å². The lowest BCUT2D eigenvalue weighted by Crippen LogP contribution is -2.03. The van der Waals surface area contributed by atoms with E-state index in [0.29, 0.717) is 5.56 Å². The molecule has 0 amide bonds. The molecule has 2 N–H and O–H groups in total. The molecular weight excluding hydrogens is 238 g/mol. The maximum atomic E-state index is 10.8. The van der Waals surface area contributed by atoms with Crippen LogP contribution in [-0.4, -0.2) is 37.1 Å². The number of rotatable bonds is 4. The van der Waals surface area contributed by atoms with Crippen LogP contribution in [0.1, 0.15) is 26.4 Å². The molecule has 0 spiro atoms. The topological polar surface area (TPSA) is 105 Å². The molecule has 1 aromatic heterocycles. The summed E-state index contributed by atoms with van der Waals surface area (Å²) in [6.45, 7) is 0.265. The fraction of sp³-hybridized carbons (Fsp3) is 0.0909. The number of carbonyl (C=O) groups is 2. The molecule has 7 heteroatoms. The molecular formula is C11H9N3O4. The van der Waals surface area contributed by atoms with E-state index in [0.717, 1.165) is 0 Å². The van der Waals surface area contributed by atoms with Crippen LogP contribution in [0.4, 0.5) is 0 Å². The Labute approximate surface area is 101 Å². The van der Waals surface area contributed by atoms with Crippen molar-refractivity contribution in [1.82, 2.24) is 15.0 Å². The predicted octanol–water partition coefficient (Wildman–Crippen LogP) is 0.723. The van der Waals surface area contributed by atoms with Gasteiger partial charge in [-0.2, -0.15) is 0 Å². The number of hydrogen-bond donors (Lipinski definition) is 2. The highest BCUT2D eigenvalue weighted by Crippen LogP contribution is 2.07. The van der Waals surface area contributed by atoms with Gasteiger partial charge in [0, 0.05) is 0 Å². The number of nitrogens with zero attached hydrogens (tertiary/aromatic N) is 3. The summed E-state index contributed by atoms with van der Waals surface area (Å²) in [7, 11) is 0. The van der Waals surface area contributed by atoms with Gasteiger partial charge in [-0.25, -0.2) is 14.3 Å². The van der Waals surface area contributed by atoms with Gasteiger partial charge in [-0.1, -0.05) is 17.3 Å². The molecule has 0 atom stereocenters. The minimum atomic E-state index is -1.15. The minimum Gasteiger partial charge on any atom is -0.478 e. The van der Waals surface area contributed by atoms with E-state index in [1.165, 1.54) is 23.0 Å². The first kappa shape index (κ1) is 11.8. The summed E-state index contributed by atoms with van der Waals surface area (Å²) in [6.07, 6.45) is 1.29. The van der Waals surface area contributed by atoms with Crippen molar-refractivity contribution in [1.29, 1.82) is 0 Å². The fourth-order valence-electron chi connectivity index (χ4n) is 1.46. The number of aromatic carboxylic acids is 2. The SMILES string of the molecule is O=C(O)c1cccc(Cn2cc(C(=O)O)nn2)c1. The third-order valence-corrected chi connectivity index (χ3v) is 2.28. The van der Waals surface area contributed by atoms with Gasteiger partial charge in [0.15, 0.2) is 5.69 Å². The molecule has 0 saturated carbocycles. The molecule has 92 valence electrons. The van der Waals surface area contributed by atoms with Gasteiger partial charge in [0.25, 0.3) is 0 Å². The zero-order valence-electron chi connectivity index (χ0n) is 9.15. The minimum absolute atomic E-state index is 0.149. The van der Waals surface area contributed by atoms with Crippen LogP contribution in [0, 0.1) is 0 Å². The third kappa shape index (κ3) is 2.51. The van der Waals surface area contributed by atoms with Crippen LogP contribution in [0.15, 0.2) is 30.5 Å². The van der Waals surface area contributed by atoms with E-state index in [-0.39, 0.29) is 17.8 Å². The summed E-state index contributed by atoms with van der Waals surface area (Å²) in [5.74, 6) is -2.16. The highest BCUT2D eigenvalue weighted by molar-refractivity contribution is 5.87. The van der Waals surface area contributed by atoms with Crippen molar-refractivity contribution in [2.45, 2.75) is 6.54 Å². The molecule has 0 saturated heterocycles. The van der Waals surface area contributed by atoms with Gasteiger partial charge in [-0.3, -0.25) is 0 Å². The van der Waals surface area contributed by atoms with Crippen LogP contribution in [0.25, 0.3) is 0 Å². The lowest BCUT2D eigenvalue weighted by molar-refractivity contribution is 0.0682. The molecule has 2 aromatic rings. The summed E-state index contributed by atoms with van der Waals surface area (Å²) in [5.41, 5.74) is 0.729. The van der Waals surface area contributed by atoms with E-state index in [1.54, 1.807) is 12.1 Å². The summed E-state index contributed by atoms with van der Waals surface area (Å²) in [4.78, 5) is 21.4. The van der Waals surface area contributed by atoms with Gasteiger partial charge < -0.3 is 10.2 Å². The number of hydrogen-bond acceptors (Lipinski definition) is 4. The highest BCUT2D eigenvalue weighted by atomic mass is 16.4. The number of carboxylic acid groups (broad SMARTS) is 2. The van der Waals surface area contributed by atoms with Crippen LogP contribution in [0.2, 0.25) is 0 Å². The molecule has 18 heavy (non-hydrogen) atoms. The van der Waals surface area contributed by atoms with Crippen LogP contribution in [-0.2, 0) is 6.54 Å². The van der Waals surface area contributed by atoms with Crippen molar-refractivity contribution >= 4 is 11.9 Å². The standard InChI is InChI=1S/C11H9N3O4/c15-10(16)8-3-1-2-7(4-8)5-14-6-9(11(17)18)12-13-14/h1-4,6H,5H2,(H,15,16)(H,17,18). The molecule has 0 aliphatic heterocycles. The second-order valence-corrected chi connectivity index (χ2v) is 3.61. The number of benzene rings is 1. The molecule has 1 heterocycles. The van der Waals surface area contributed by atoms with Crippen LogP contribution in [0.3, 0.4) is 0 Å². The van der Waals surface area contributed by atoms with E-state index in [9.17, 15) is 9.59 Å². The van der Waals surface area contributed by atoms with E-state index in [2.05, 4.69) is 10.3 Å². The van der Waals surface area contributed by atoms with Gasteiger partial charge in [0.2, 0.25) is 0 Å². The molecule has 0 aliphatic rings. The molecule has 1 aromatic carbocycles. The monoisotopic (exact) mass is 247 g/mol. The number of carboxylic acids is 2. The molecule has 0 aliphatic carbocycles. The Morgan fingerprint density at radius 2 is 2.00 bits per heavy atom. The van der Waals surface area contributed by atoms with Crippen molar-refractivity contribution in [3.05, 3.63) is 47.3 Å². The smallest absolute Gasteiger partial charge is 0.358 e. The zero-order valence-corrected chi connectivity index (χ0v) is 9.15. The maximum Gasteiger partial charge on any atom is 0.358 e. The van der Waals surface area contributed by atoms with E-state index in [4.69, 9.17) is 10.2 Å². The van der Waals surface area contributed by atoms with Crippen molar-refractivity contribution in [3.63, 3.8) is 0 Å². The Morgan fingerprint density at radius 1 is 1.22 bits per heavy atom. The quantitative estimate of drug-likeness (QED) is 0.824. The van der Waals surface area contributed by atoms with Gasteiger partial charge >= 0.3 is 11.9 Å². The van der Waals surface area contributed by atoms with Crippen molar-refractivity contribution in [2.24, 2.45) is 0 Å². The van der Waals surface area contributed by atoms with E-state index < -0.39 is 11.9 Å². The zero-order chi connectivity index (χ0) is 13.1. The fourth-order valence-corrected chi connectivity index (χ4v) is 1.46. The third-order valence-electron chi connectivity index (χ3n) is 2.28. The first-order chi connectivity index (χ1) is 8.56. The molecule has 0 unspecified atom stereocenters. The average molecular weight is 247 g/mol. The summed E-state index contributed by atoms with van der Waals surface area (Å²) >= 11 is 0. The second kappa shape index (κ2) is 4.66. The Hall–Kier alpha value is -2.70. The first-order valence-corrected chi connectivity index (χ1v) is 5.02. The number of aromatic nitrogens is 3. The second-order valence-electron chi connectivity index (χ2n) is 3.61. The van der Waals surface area contributed by atoms with E-state index >= 15 is 0 Å². The molecule has 0 fully saturated rings. The average Bonchev–Trinajstić information content (AvgIpc) is 2.78. The van der Waals surface area contributed by atoms with Crippen LogP contribution < -0.4 is 0 Å². The Kier molecular flexibility index (Phi) is 3.05. The van der Waals surface area contributed by atoms with Crippen LogP contribution >= 0.6 is 0 Å². The first-order valence-electron chi connectivity index (χ1n) is 5.02. The molecule has 0 bridgehead atoms. The molecule has 7 nitrogen and oxygen atoms in total. The van der Waals surface area contributed by atoms with Gasteiger partial charge in [0.1, 0.15) is 0 Å². The summed E-state index contributed by atoms with van der Waals surface area (Å²) in [5, 5.41) is 24.6. The van der Waals surface area contributed by atoms with Gasteiger partial charge in [0.05, 0.1) is 18.3 Å². The summed E-state index contributed by atoms with van der Waals surface area (Å²) < 4.78 is 1.34. The van der Waals surface area contributed by atoms with Crippen molar-refractivity contribution < 1.29 is 19.8 Å². The van der Waals surface area contributed by atoms with Crippen molar-refractivity contribution in [3.8, 4) is 0 Å². The predicted molar refractivity (Wildman–Crippen MR) is 59.5 cm³/mol. The molecule has 0 radical (unpaired) electrons. The Morgan fingerprint density at radius 3 is 2.61 bits per heavy atom. The lowest BCUT2D eigenvalue weighted by atomic mass is 10.1. The van der Waals surface area contributed by atoms with Crippen molar-refractivity contribution in [2.75, 3.05) is 0 Å². The molecule has 2 rings (SSSR count). The normalized spacial score (nSPS) is 10.2. The van der Waals surface area contributed by atoms with E-state index in [1.807, 2.05) is 0 Å². The maximum absolute atomic E-state index is 10.8. The highest BCUT2D eigenvalue weighted by Gasteiger charge is 2.09. The van der Waals surface area contributed by atoms with Gasteiger partial charge in [-0.05, 0) is 17.7 Å². The van der Waals surface area contributed by atoms with Gasteiger partial charge in [-0.15, -0.1) is 5.10 Å². The largest absolute Gasteiger partial charge is 0.478 e. The summed E-state index contributed by atoms with van der Waals surface area (Å²) in [6, 6.07) is 6.34. The lowest BCUT2D eigenvalue weighted by Gasteiger charge is -2.01.